The van der Waals surface area contributed by atoms with Gasteiger partial charge in [0.25, 0.3) is 5.91 Å². The molecule has 2 aromatic rings. The fourth-order valence-electron chi connectivity index (χ4n) is 3.62. The van der Waals surface area contributed by atoms with Crippen LogP contribution in [0.5, 0.6) is 0 Å². The maximum atomic E-state index is 12.7. The Morgan fingerprint density at radius 2 is 1.58 bits per heavy atom. The molecule has 31 heavy (non-hydrogen) atoms. The van der Waals surface area contributed by atoms with Crippen molar-refractivity contribution in [1.82, 2.24) is 9.62 Å². The van der Waals surface area contributed by atoms with E-state index in [-0.39, 0.29) is 27.7 Å². The summed E-state index contributed by atoms with van der Waals surface area (Å²) in [6, 6.07) is 12.6. The Hall–Kier alpha value is -2.23. The average Bonchev–Trinajstić information content (AvgIpc) is 2.78. The molecule has 1 saturated heterocycles. The van der Waals surface area contributed by atoms with Crippen LogP contribution in [0.1, 0.15) is 48.5 Å². The fraction of sp³-hybridized carbons (Fsp3) is 0.409. The maximum Gasteiger partial charge on any atom is 0.252 e. The molecule has 1 fully saturated rings. The van der Waals surface area contributed by atoms with Crippen LogP contribution in [0.3, 0.4) is 0 Å². The summed E-state index contributed by atoms with van der Waals surface area (Å²) < 4.78 is 51.9. The van der Waals surface area contributed by atoms with Crippen molar-refractivity contribution in [3.8, 4) is 0 Å². The highest BCUT2D eigenvalue weighted by atomic mass is 32.2. The predicted octanol–water partition coefficient (Wildman–Crippen LogP) is 2.97. The van der Waals surface area contributed by atoms with Gasteiger partial charge in [-0.05, 0) is 49.1 Å². The zero-order chi connectivity index (χ0) is 22.5. The molecule has 2 aromatic carbocycles. The molecule has 1 N–H and O–H groups in total. The van der Waals surface area contributed by atoms with Crippen LogP contribution in [0.4, 0.5) is 0 Å². The van der Waals surface area contributed by atoms with Gasteiger partial charge in [0, 0.05) is 19.6 Å². The zero-order valence-corrected chi connectivity index (χ0v) is 19.2. The molecule has 1 aliphatic rings. The van der Waals surface area contributed by atoms with Gasteiger partial charge in [0.05, 0.1) is 21.1 Å². The van der Waals surface area contributed by atoms with Crippen LogP contribution < -0.4 is 5.32 Å². The molecule has 0 spiro atoms. The van der Waals surface area contributed by atoms with Gasteiger partial charge in [0.2, 0.25) is 10.0 Å². The maximum absolute atomic E-state index is 12.7. The van der Waals surface area contributed by atoms with Crippen molar-refractivity contribution in [2.24, 2.45) is 0 Å². The molecule has 0 bridgehead atoms. The van der Waals surface area contributed by atoms with Crippen molar-refractivity contribution in [2.75, 3.05) is 18.8 Å². The first-order chi connectivity index (χ1) is 14.8. The fourth-order valence-corrected chi connectivity index (χ4v) is 6.67. The number of carbonyl (C=O) groups excluding carboxylic acids is 1. The summed E-state index contributed by atoms with van der Waals surface area (Å²) in [5, 5.41) is 2.73. The minimum Gasteiger partial charge on any atom is -0.348 e. The zero-order valence-electron chi connectivity index (χ0n) is 17.6. The van der Waals surface area contributed by atoms with E-state index in [0.29, 0.717) is 19.5 Å². The monoisotopic (exact) mass is 464 g/mol. The molecule has 0 aromatic heterocycles. The number of hydrogen-bond donors (Lipinski definition) is 1. The number of piperidine rings is 1. The smallest absolute Gasteiger partial charge is 0.252 e. The van der Waals surface area contributed by atoms with Crippen LogP contribution >= 0.6 is 0 Å². The van der Waals surface area contributed by atoms with Crippen molar-refractivity contribution in [3.63, 3.8) is 0 Å². The summed E-state index contributed by atoms with van der Waals surface area (Å²) >= 11 is 0. The molecule has 0 atom stereocenters. The van der Waals surface area contributed by atoms with Crippen LogP contribution in [0.25, 0.3) is 0 Å². The van der Waals surface area contributed by atoms with Crippen molar-refractivity contribution in [3.05, 3.63) is 59.7 Å². The van der Waals surface area contributed by atoms with E-state index in [1.165, 1.54) is 16.4 Å². The molecular formula is C22H28N2O5S2. The van der Waals surface area contributed by atoms with Gasteiger partial charge in [-0.3, -0.25) is 4.79 Å². The van der Waals surface area contributed by atoms with E-state index in [0.717, 1.165) is 24.8 Å². The largest absolute Gasteiger partial charge is 0.348 e. The number of nitrogens with zero attached hydrogens (tertiary/aromatic N) is 1. The second-order valence-electron chi connectivity index (χ2n) is 7.61. The Bertz CT molecular complexity index is 1120. The number of rotatable bonds is 8. The molecule has 1 heterocycles. The number of amides is 1. The van der Waals surface area contributed by atoms with E-state index in [4.69, 9.17) is 0 Å². The number of sulfone groups is 1. The molecule has 3 rings (SSSR count). The molecule has 1 aliphatic heterocycles. The number of hydrogen-bond acceptors (Lipinski definition) is 5. The second kappa shape index (κ2) is 9.93. The van der Waals surface area contributed by atoms with Crippen LogP contribution in [0.2, 0.25) is 0 Å². The number of carbonyl (C=O) groups is 1. The Balaban J connectivity index is 1.69. The standard InChI is InChI=1S/C22H28N2O5S2/c1-2-16-30(26,27)21-9-5-4-8-20(21)22(25)23-17-18-10-12-19(13-11-18)31(28,29)24-14-6-3-7-15-24/h4-5,8-13H,2-3,6-7,14-17H2,1H3,(H,23,25). The molecular weight excluding hydrogens is 436 g/mol. The summed E-state index contributed by atoms with van der Waals surface area (Å²) in [4.78, 5) is 12.9. The Morgan fingerprint density at radius 1 is 0.935 bits per heavy atom. The minimum absolute atomic E-state index is 0.0236. The first-order valence-electron chi connectivity index (χ1n) is 10.4. The van der Waals surface area contributed by atoms with Crippen molar-refractivity contribution in [1.29, 1.82) is 0 Å². The van der Waals surface area contributed by atoms with Crippen LogP contribution in [0, 0.1) is 0 Å². The molecule has 168 valence electrons. The van der Waals surface area contributed by atoms with Gasteiger partial charge < -0.3 is 5.32 Å². The lowest BCUT2D eigenvalue weighted by Gasteiger charge is -2.25. The lowest BCUT2D eigenvalue weighted by molar-refractivity contribution is 0.0947. The van der Waals surface area contributed by atoms with Crippen LogP contribution in [-0.4, -0.2) is 45.9 Å². The number of benzene rings is 2. The second-order valence-corrected chi connectivity index (χ2v) is 11.6. The third kappa shape index (κ3) is 5.53. The highest BCUT2D eigenvalue weighted by molar-refractivity contribution is 7.91. The van der Waals surface area contributed by atoms with E-state index in [1.807, 2.05) is 0 Å². The molecule has 1 amide bonds. The highest BCUT2D eigenvalue weighted by Gasteiger charge is 2.26. The highest BCUT2D eigenvalue weighted by Crippen LogP contribution is 2.21. The first-order valence-corrected chi connectivity index (χ1v) is 13.5. The number of sulfonamides is 1. The molecule has 7 nitrogen and oxygen atoms in total. The van der Waals surface area contributed by atoms with E-state index >= 15 is 0 Å². The van der Waals surface area contributed by atoms with Gasteiger partial charge in [-0.2, -0.15) is 4.31 Å². The lowest BCUT2D eigenvalue weighted by Crippen LogP contribution is -2.35. The normalized spacial score (nSPS) is 15.5. The molecule has 0 unspecified atom stereocenters. The van der Waals surface area contributed by atoms with Gasteiger partial charge in [0.15, 0.2) is 9.84 Å². The lowest BCUT2D eigenvalue weighted by atomic mass is 10.2. The van der Waals surface area contributed by atoms with E-state index in [9.17, 15) is 21.6 Å². The van der Waals surface area contributed by atoms with Crippen molar-refractivity contribution >= 4 is 25.8 Å². The summed E-state index contributed by atoms with van der Waals surface area (Å²) in [6.07, 6.45) is 3.26. The van der Waals surface area contributed by atoms with Crippen LogP contribution in [-0.2, 0) is 26.4 Å². The first kappa shape index (κ1) is 23.4. The predicted molar refractivity (Wildman–Crippen MR) is 119 cm³/mol. The van der Waals surface area contributed by atoms with Gasteiger partial charge in [0.1, 0.15) is 0 Å². The quantitative estimate of drug-likeness (QED) is 0.647. The third-order valence-electron chi connectivity index (χ3n) is 5.27. The van der Waals surface area contributed by atoms with Gasteiger partial charge in [-0.15, -0.1) is 0 Å². The summed E-state index contributed by atoms with van der Waals surface area (Å²) in [7, 11) is -7.04. The van der Waals surface area contributed by atoms with E-state index < -0.39 is 25.8 Å². The Labute approximate surface area is 184 Å². The van der Waals surface area contributed by atoms with E-state index in [1.54, 1.807) is 43.3 Å². The Kier molecular flexibility index (Phi) is 7.51. The van der Waals surface area contributed by atoms with Gasteiger partial charge >= 0.3 is 0 Å². The van der Waals surface area contributed by atoms with Crippen molar-refractivity contribution in [2.45, 2.75) is 48.9 Å². The molecule has 0 radical (unpaired) electrons. The summed E-state index contributed by atoms with van der Waals surface area (Å²) in [5.41, 5.74) is 0.833. The third-order valence-corrected chi connectivity index (χ3v) is 9.15. The number of nitrogens with one attached hydrogen (secondary N) is 1. The van der Waals surface area contributed by atoms with E-state index in [2.05, 4.69) is 5.32 Å². The summed E-state index contributed by atoms with van der Waals surface area (Å²) in [6.45, 7) is 3.02. The van der Waals surface area contributed by atoms with Crippen LogP contribution in [0.15, 0.2) is 58.3 Å². The molecule has 9 heteroatoms. The van der Waals surface area contributed by atoms with Crippen molar-refractivity contribution < 1.29 is 21.6 Å². The minimum atomic E-state index is -3.53. The topological polar surface area (TPSA) is 101 Å². The molecule has 0 saturated carbocycles. The SMILES string of the molecule is CCCS(=O)(=O)c1ccccc1C(=O)NCc1ccc(S(=O)(=O)N2CCCCC2)cc1. The van der Waals surface area contributed by atoms with Gasteiger partial charge in [-0.1, -0.05) is 37.6 Å². The summed E-state index contributed by atoms with van der Waals surface area (Å²) in [5.74, 6) is -0.509. The Morgan fingerprint density at radius 3 is 2.23 bits per heavy atom. The van der Waals surface area contributed by atoms with Gasteiger partial charge in [-0.25, -0.2) is 16.8 Å². The molecule has 0 aliphatic carbocycles. The average molecular weight is 465 g/mol.